The fraction of sp³-hybridized carbons (Fsp3) is 0.381. The molecule has 0 aliphatic rings. The van der Waals surface area contributed by atoms with Crippen molar-refractivity contribution in [3.8, 4) is 0 Å². The lowest BCUT2D eigenvalue weighted by Crippen LogP contribution is -2.29. The van der Waals surface area contributed by atoms with Crippen LogP contribution < -0.4 is 0 Å². The molecule has 0 fully saturated rings. The molecule has 0 aliphatic heterocycles. The van der Waals surface area contributed by atoms with Gasteiger partial charge in [-0.15, -0.1) is 0 Å². The molecule has 0 heterocycles. The average Bonchev–Trinajstić information content (AvgIpc) is 2.55. The molecule has 0 aliphatic carbocycles. The van der Waals surface area contributed by atoms with Crippen molar-refractivity contribution in [3.05, 3.63) is 71.3 Å². The predicted molar refractivity (Wildman–Crippen MR) is 96.8 cm³/mol. The van der Waals surface area contributed by atoms with Gasteiger partial charge in [0, 0.05) is 18.4 Å². The Morgan fingerprint density at radius 3 is 2.22 bits per heavy atom. The number of hydrogen-bond donors (Lipinski definition) is 0. The van der Waals surface area contributed by atoms with Gasteiger partial charge in [-0.25, -0.2) is 0 Å². The highest BCUT2D eigenvalue weighted by Gasteiger charge is 2.24. The van der Waals surface area contributed by atoms with E-state index in [0.717, 1.165) is 17.5 Å². The number of rotatable bonds is 7. The Balaban J connectivity index is 2.22. The molecule has 2 heteroatoms. The second-order valence-corrected chi connectivity index (χ2v) is 6.58. The van der Waals surface area contributed by atoms with E-state index in [-0.39, 0.29) is 5.92 Å². The number of ketones is 1. The van der Waals surface area contributed by atoms with Gasteiger partial charge in [0.25, 0.3) is 0 Å². The summed E-state index contributed by atoms with van der Waals surface area (Å²) in [6.45, 7) is 4.25. The van der Waals surface area contributed by atoms with E-state index in [4.69, 9.17) is 0 Å². The van der Waals surface area contributed by atoms with Crippen LogP contribution in [0.4, 0.5) is 0 Å². The summed E-state index contributed by atoms with van der Waals surface area (Å²) in [6, 6.07) is 18.7. The van der Waals surface area contributed by atoms with Crippen molar-refractivity contribution < 1.29 is 4.79 Å². The van der Waals surface area contributed by atoms with Gasteiger partial charge in [-0.3, -0.25) is 4.79 Å². The summed E-state index contributed by atoms with van der Waals surface area (Å²) in [5.41, 5.74) is 3.45. The zero-order chi connectivity index (χ0) is 16.8. The Morgan fingerprint density at radius 2 is 1.61 bits per heavy atom. The van der Waals surface area contributed by atoms with Gasteiger partial charge in [-0.1, -0.05) is 54.6 Å². The van der Waals surface area contributed by atoms with Crippen molar-refractivity contribution in [1.82, 2.24) is 4.90 Å². The van der Waals surface area contributed by atoms with Crippen LogP contribution in [0.25, 0.3) is 0 Å². The lowest BCUT2D eigenvalue weighted by Gasteiger charge is -2.25. The maximum atomic E-state index is 13.0. The minimum Gasteiger partial charge on any atom is -0.307 e. The third kappa shape index (κ3) is 4.77. The van der Waals surface area contributed by atoms with Crippen LogP contribution in [0, 0.1) is 6.92 Å². The third-order valence-corrected chi connectivity index (χ3v) is 4.67. The molecular formula is C21H27NO. The van der Waals surface area contributed by atoms with Crippen LogP contribution in [0.1, 0.15) is 36.0 Å². The van der Waals surface area contributed by atoms with E-state index >= 15 is 0 Å². The van der Waals surface area contributed by atoms with Crippen molar-refractivity contribution in [3.63, 3.8) is 0 Å². The fourth-order valence-corrected chi connectivity index (χ4v) is 2.81. The van der Waals surface area contributed by atoms with Gasteiger partial charge in [-0.2, -0.15) is 0 Å². The van der Waals surface area contributed by atoms with Gasteiger partial charge in [0.1, 0.15) is 5.78 Å². The van der Waals surface area contributed by atoms with Crippen LogP contribution in [0.15, 0.2) is 54.6 Å². The first-order chi connectivity index (χ1) is 11.0. The Hall–Kier alpha value is -1.93. The molecule has 0 radical (unpaired) electrons. The lowest BCUT2D eigenvalue weighted by atomic mass is 9.85. The minimum atomic E-state index is -0.0480. The van der Waals surface area contributed by atoms with Crippen molar-refractivity contribution >= 4 is 5.78 Å². The van der Waals surface area contributed by atoms with Crippen molar-refractivity contribution in [2.75, 3.05) is 14.1 Å². The van der Waals surface area contributed by atoms with Crippen molar-refractivity contribution in [2.45, 2.75) is 38.6 Å². The SMILES string of the molecule is Cc1ccccc1CC(=O)C(CC(C)N(C)C)c1ccccc1. The first-order valence-electron chi connectivity index (χ1n) is 8.27. The number of benzene rings is 2. The Labute approximate surface area is 140 Å². The highest BCUT2D eigenvalue weighted by atomic mass is 16.1. The molecule has 2 unspecified atom stereocenters. The minimum absolute atomic E-state index is 0.0480. The molecule has 0 saturated carbocycles. The lowest BCUT2D eigenvalue weighted by molar-refractivity contribution is -0.120. The Kier molecular flexibility index (Phi) is 6.12. The molecule has 0 saturated heterocycles. The van der Waals surface area contributed by atoms with Gasteiger partial charge in [-0.05, 0) is 51.1 Å². The molecular weight excluding hydrogens is 282 g/mol. The zero-order valence-corrected chi connectivity index (χ0v) is 14.6. The molecule has 0 spiro atoms. The molecule has 2 nitrogen and oxygen atoms in total. The Bertz CT molecular complexity index is 633. The van der Waals surface area contributed by atoms with Crippen molar-refractivity contribution in [2.24, 2.45) is 0 Å². The predicted octanol–water partition coefficient (Wildman–Crippen LogP) is 4.23. The van der Waals surface area contributed by atoms with E-state index < -0.39 is 0 Å². The molecule has 2 aromatic carbocycles. The second kappa shape index (κ2) is 8.07. The zero-order valence-electron chi connectivity index (χ0n) is 14.6. The van der Waals surface area contributed by atoms with E-state index in [1.807, 2.05) is 30.3 Å². The molecule has 23 heavy (non-hydrogen) atoms. The summed E-state index contributed by atoms with van der Waals surface area (Å²) < 4.78 is 0. The first kappa shape index (κ1) is 17.4. The number of carbonyl (C=O) groups is 1. The van der Waals surface area contributed by atoms with Crippen LogP contribution in [-0.2, 0) is 11.2 Å². The van der Waals surface area contributed by atoms with Gasteiger partial charge < -0.3 is 4.90 Å². The van der Waals surface area contributed by atoms with E-state index in [9.17, 15) is 4.79 Å². The highest BCUT2D eigenvalue weighted by molar-refractivity contribution is 5.88. The summed E-state index contributed by atoms with van der Waals surface area (Å²) in [6.07, 6.45) is 1.36. The van der Waals surface area contributed by atoms with Gasteiger partial charge in [0.15, 0.2) is 0 Å². The molecule has 122 valence electrons. The van der Waals surface area contributed by atoms with Crippen molar-refractivity contribution in [1.29, 1.82) is 0 Å². The number of nitrogens with zero attached hydrogens (tertiary/aromatic N) is 1. The summed E-state index contributed by atoms with van der Waals surface area (Å²) in [5, 5.41) is 0. The monoisotopic (exact) mass is 309 g/mol. The van der Waals surface area contributed by atoms with E-state index in [0.29, 0.717) is 18.2 Å². The molecule has 2 rings (SSSR count). The van der Waals surface area contributed by atoms with E-state index in [1.54, 1.807) is 0 Å². The summed E-state index contributed by atoms with van der Waals surface area (Å²) >= 11 is 0. The highest BCUT2D eigenvalue weighted by Crippen LogP contribution is 2.26. The quantitative estimate of drug-likeness (QED) is 0.763. The van der Waals surface area contributed by atoms with Crippen LogP contribution in [0.2, 0.25) is 0 Å². The van der Waals surface area contributed by atoms with E-state index in [2.05, 4.69) is 57.1 Å². The Morgan fingerprint density at radius 1 is 1.00 bits per heavy atom. The topological polar surface area (TPSA) is 20.3 Å². The van der Waals surface area contributed by atoms with Crippen LogP contribution >= 0.6 is 0 Å². The number of carbonyl (C=O) groups excluding carboxylic acids is 1. The molecule has 0 aromatic heterocycles. The number of aryl methyl sites for hydroxylation is 1. The smallest absolute Gasteiger partial charge is 0.144 e. The van der Waals surface area contributed by atoms with Crippen LogP contribution in [0.3, 0.4) is 0 Å². The normalized spacial score (nSPS) is 13.8. The van der Waals surface area contributed by atoms with Crippen LogP contribution in [-0.4, -0.2) is 30.8 Å². The summed E-state index contributed by atoms with van der Waals surface area (Å²) in [7, 11) is 4.14. The largest absolute Gasteiger partial charge is 0.307 e. The number of hydrogen-bond acceptors (Lipinski definition) is 2. The average molecular weight is 309 g/mol. The first-order valence-corrected chi connectivity index (χ1v) is 8.27. The maximum Gasteiger partial charge on any atom is 0.144 e. The second-order valence-electron chi connectivity index (χ2n) is 6.58. The summed E-state index contributed by atoms with van der Waals surface area (Å²) in [5.74, 6) is 0.257. The van der Waals surface area contributed by atoms with Gasteiger partial charge >= 0.3 is 0 Å². The standard InChI is InChI=1S/C21H27NO/c1-16-10-8-9-13-19(16)15-21(23)20(14-17(2)22(3)4)18-11-6-5-7-12-18/h5-13,17,20H,14-15H2,1-4H3. The van der Waals surface area contributed by atoms with Gasteiger partial charge in [0.05, 0.1) is 0 Å². The molecule has 0 amide bonds. The molecule has 0 N–H and O–H groups in total. The molecule has 2 aromatic rings. The summed E-state index contributed by atoms with van der Waals surface area (Å²) in [4.78, 5) is 15.2. The molecule has 0 bridgehead atoms. The maximum absolute atomic E-state index is 13.0. The number of Topliss-reactive ketones (excluding diaryl/α,β-unsaturated/α-hetero) is 1. The third-order valence-electron chi connectivity index (χ3n) is 4.67. The van der Waals surface area contributed by atoms with Crippen LogP contribution in [0.5, 0.6) is 0 Å². The van der Waals surface area contributed by atoms with E-state index in [1.165, 1.54) is 5.56 Å². The fourth-order valence-electron chi connectivity index (χ4n) is 2.81. The van der Waals surface area contributed by atoms with Gasteiger partial charge in [0.2, 0.25) is 0 Å². The molecule has 2 atom stereocenters.